The van der Waals surface area contributed by atoms with Crippen molar-refractivity contribution in [3.8, 4) is 0 Å². The second-order valence-electron chi connectivity index (χ2n) is 8.00. The smallest absolute Gasteiger partial charge is 0.248 e. The molecule has 0 bridgehead atoms. The number of nitrogens with two attached hydrogens (primary N) is 3. The number of rotatable bonds is 11. The van der Waals surface area contributed by atoms with Crippen LogP contribution in [-0.4, -0.2) is 36.3 Å². The van der Waals surface area contributed by atoms with Gasteiger partial charge in [-0.25, -0.2) is 0 Å². The van der Waals surface area contributed by atoms with Crippen LogP contribution in [0.3, 0.4) is 0 Å². The maximum atomic E-state index is 11.8. The monoisotopic (exact) mass is 460 g/mol. The highest BCUT2D eigenvalue weighted by atomic mass is 16.5. The van der Waals surface area contributed by atoms with E-state index in [4.69, 9.17) is 21.9 Å². The molecule has 0 unspecified atom stereocenters. The molecule has 8 heteroatoms. The maximum Gasteiger partial charge on any atom is 0.248 e. The molecule has 6 N–H and O–H groups in total. The second kappa shape index (κ2) is 11.2. The molecule has 3 aromatic carbocycles. The standard InChI is InChI=1S/C26H28N4O4/c1-34-16-23(19-7-4-10-22(13-19)26(29)33)30(14-17-5-2-8-20(11-17)24(27)31)15-18-6-3-9-21(12-18)25(28)32/h2-13,23H,14-16H2,1H3,(H2,27,31)(H2,28,32)(H2,29,33)/t23-/m0/s1. The Balaban J connectivity index is 2.04. The summed E-state index contributed by atoms with van der Waals surface area (Å²) in [6, 6.07) is 21.0. The number of ether oxygens (including phenoxy) is 1. The molecule has 3 amide bonds. The quantitative estimate of drug-likeness (QED) is 0.403. The van der Waals surface area contributed by atoms with Crippen molar-refractivity contribution in [3.63, 3.8) is 0 Å². The van der Waals surface area contributed by atoms with Gasteiger partial charge in [0.1, 0.15) is 0 Å². The van der Waals surface area contributed by atoms with E-state index >= 15 is 0 Å². The van der Waals surface area contributed by atoms with E-state index in [0.29, 0.717) is 36.4 Å². The second-order valence-corrected chi connectivity index (χ2v) is 8.00. The molecule has 0 aliphatic carbocycles. The molecule has 34 heavy (non-hydrogen) atoms. The third-order valence-electron chi connectivity index (χ3n) is 5.52. The normalized spacial score (nSPS) is 11.8. The van der Waals surface area contributed by atoms with Crippen LogP contribution < -0.4 is 17.2 Å². The van der Waals surface area contributed by atoms with Crippen LogP contribution in [0, 0.1) is 0 Å². The van der Waals surface area contributed by atoms with E-state index in [1.807, 2.05) is 18.2 Å². The highest BCUT2D eigenvalue weighted by molar-refractivity contribution is 5.93. The van der Waals surface area contributed by atoms with Crippen molar-refractivity contribution in [3.05, 3.63) is 106 Å². The molecule has 3 aromatic rings. The van der Waals surface area contributed by atoms with Crippen LogP contribution in [0.2, 0.25) is 0 Å². The van der Waals surface area contributed by atoms with Gasteiger partial charge in [0.25, 0.3) is 0 Å². The van der Waals surface area contributed by atoms with Crippen LogP contribution in [0.15, 0.2) is 72.8 Å². The Bertz CT molecular complexity index is 1140. The summed E-state index contributed by atoms with van der Waals surface area (Å²) in [5.41, 5.74) is 20.2. The predicted molar refractivity (Wildman–Crippen MR) is 129 cm³/mol. The number of hydrogen-bond donors (Lipinski definition) is 3. The van der Waals surface area contributed by atoms with E-state index in [9.17, 15) is 14.4 Å². The predicted octanol–water partition coefficient (Wildman–Crippen LogP) is 2.37. The van der Waals surface area contributed by atoms with Crippen LogP contribution in [0.1, 0.15) is 53.8 Å². The first-order chi connectivity index (χ1) is 16.3. The largest absolute Gasteiger partial charge is 0.383 e. The van der Waals surface area contributed by atoms with Gasteiger partial charge in [-0.1, -0.05) is 36.4 Å². The van der Waals surface area contributed by atoms with Crippen molar-refractivity contribution in [1.29, 1.82) is 0 Å². The number of hydrogen-bond acceptors (Lipinski definition) is 5. The highest BCUT2D eigenvalue weighted by Crippen LogP contribution is 2.27. The van der Waals surface area contributed by atoms with Gasteiger partial charge in [-0.15, -0.1) is 0 Å². The summed E-state index contributed by atoms with van der Waals surface area (Å²) in [5.74, 6) is -1.54. The van der Waals surface area contributed by atoms with Gasteiger partial charge in [0.2, 0.25) is 17.7 Å². The van der Waals surface area contributed by atoms with E-state index in [-0.39, 0.29) is 6.04 Å². The number of benzene rings is 3. The lowest BCUT2D eigenvalue weighted by Gasteiger charge is -2.32. The molecule has 176 valence electrons. The molecule has 0 aromatic heterocycles. The van der Waals surface area contributed by atoms with Gasteiger partial charge in [-0.2, -0.15) is 0 Å². The average molecular weight is 461 g/mol. The summed E-state index contributed by atoms with van der Waals surface area (Å²) < 4.78 is 5.53. The summed E-state index contributed by atoms with van der Waals surface area (Å²) in [6.07, 6.45) is 0. The van der Waals surface area contributed by atoms with Crippen molar-refractivity contribution in [2.24, 2.45) is 17.2 Å². The van der Waals surface area contributed by atoms with E-state index in [2.05, 4.69) is 4.90 Å². The summed E-state index contributed by atoms with van der Waals surface area (Å²) >= 11 is 0. The molecule has 0 fully saturated rings. The Labute approximate surface area is 198 Å². The fourth-order valence-corrected chi connectivity index (χ4v) is 3.86. The topological polar surface area (TPSA) is 142 Å². The number of carbonyl (C=O) groups excluding carboxylic acids is 3. The summed E-state index contributed by atoms with van der Waals surface area (Å²) in [4.78, 5) is 37.3. The lowest BCUT2D eigenvalue weighted by atomic mass is 10.00. The SMILES string of the molecule is COC[C@@H](c1cccc(C(N)=O)c1)N(Cc1cccc(C(N)=O)c1)Cc1cccc(C(N)=O)c1. The zero-order valence-electron chi connectivity index (χ0n) is 18.9. The molecular formula is C26H28N4O4. The first-order valence-corrected chi connectivity index (χ1v) is 10.7. The number of carbonyl (C=O) groups is 3. The fourth-order valence-electron chi connectivity index (χ4n) is 3.86. The van der Waals surface area contributed by atoms with E-state index < -0.39 is 17.7 Å². The molecule has 0 heterocycles. The number of methoxy groups -OCH3 is 1. The molecule has 1 atom stereocenters. The van der Waals surface area contributed by atoms with Crippen molar-refractivity contribution < 1.29 is 19.1 Å². The van der Waals surface area contributed by atoms with Gasteiger partial charge in [-0.3, -0.25) is 19.3 Å². The molecule has 8 nitrogen and oxygen atoms in total. The van der Waals surface area contributed by atoms with E-state index in [1.54, 1.807) is 61.7 Å². The van der Waals surface area contributed by atoms with Gasteiger partial charge in [0.05, 0.1) is 12.6 Å². The molecule has 3 rings (SSSR count). The lowest BCUT2D eigenvalue weighted by Crippen LogP contribution is -2.31. The zero-order valence-corrected chi connectivity index (χ0v) is 18.9. The minimum Gasteiger partial charge on any atom is -0.383 e. The molecule has 0 saturated heterocycles. The first-order valence-electron chi connectivity index (χ1n) is 10.7. The van der Waals surface area contributed by atoms with E-state index in [0.717, 1.165) is 16.7 Å². The third-order valence-corrected chi connectivity index (χ3v) is 5.52. The Hall–Kier alpha value is -4.01. The van der Waals surface area contributed by atoms with Gasteiger partial charge in [0.15, 0.2) is 0 Å². The molecule has 0 spiro atoms. The Kier molecular flexibility index (Phi) is 8.13. The van der Waals surface area contributed by atoms with Crippen LogP contribution >= 0.6 is 0 Å². The van der Waals surface area contributed by atoms with Gasteiger partial charge in [0, 0.05) is 36.9 Å². The Morgan fingerprint density at radius 2 is 1.18 bits per heavy atom. The van der Waals surface area contributed by atoms with Crippen molar-refractivity contribution in [1.82, 2.24) is 4.90 Å². The summed E-state index contributed by atoms with van der Waals surface area (Å²) in [7, 11) is 1.60. The lowest BCUT2D eigenvalue weighted by molar-refractivity contribution is 0.0792. The Morgan fingerprint density at radius 1 is 0.735 bits per heavy atom. The Morgan fingerprint density at radius 3 is 1.62 bits per heavy atom. The minimum atomic E-state index is -0.520. The number of primary amides is 3. The van der Waals surface area contributed by atoms with Crippen molar-refractivity contribution in [2.75, 3.05) is 13.7 Å². The highest BCUT2D eigenvalue weighted by Gasteiger charge is 2.23. The molecule has 0 aliphatic rings. The van der Waals surface area contributed by atoms with Crippen LogP contribution in [0.5, 0.6) is 0 Å². The number of nitrogens with zero attached hydrogens (tertiary/aromatic N) is 1. The van der Waals surface area contributed by atoms with Gasteiger partial charge >= 0.3 is 0 Å². The van der Waals surface area contributed by atoms with Crippen LogP contribution in [0.25, 0.3) is 0 Å². The first kappa shape index (κ1) is 24.6. The summed E-state index contributed by atoms with van der Waals surface area (Å²) in [5, 5.41) is 0. The van der Waals surface area contributed by atoms with Crippen molar-refractivity contribution in [2.45, 2.75) is 19.1 Å². The van der Waals surface area contributed by atoms with E-state index in [1.165, 1.54) is 0 Å². The molecule has 0 aliphatic heterocycles. The minimum absolute atomic E-state index is 0.265. The third kappa shape index (κ3) is 6.28. The van der Waals surface area contributed by atoms with Gasteiger partial charge < -0.3 is 21.9 Å². The molecular weight excluding hydrogens is 432 g/mol. The molecule has 0 radical (unpaired) electrons. The summed E-state index contributed by atoms with van der Waals surface area (Å²) in [6.45, 7) is 1.21. The van der Waals surface area contributed by atoms with Crippen LogP contribution in [-0.2, 0) is 17.8 Å². The fraction of sp³-hybridized carbons (Fsp3) is 0.192. The average Bonchev–Trinajstić information content (AvgIpc) is 2.82. The maximum absolute atomic E-state index is 11.8. The number of amides is 3. The molecule has 0 saturated carbocycles. The van der Waals surface area contributed by atoms with Gasteiger partial charge in [-0.05, 0) is 53.1 Å². The zero-order chi connectivity index (χ0) is 24.7. The van der Waals surface area contributed by atoms with Crippen molar-refractivity contribution >= 4 is 17.7 Å². The van der Waals surface area contributed by atoms with Crippen LogP contribution in [0.4, 0.5) is 0 Å².